The summed E-state index contributed by atoms with van der Waals surface area (Å²) in [5.41, 5.74) is 1.41. The molecule has 0 unspecified atom stereocenters. The lowest BCUT2D eigenvalue weighted by Gasteiger charge is -2.39. The van der Waals surface area contributed by atoms with Crippen molar-refractivity contribution in [1.29, 1.82) is 0 Å². The van der Waals surface area contributed by atoms with Crippen LogP contribution in [0.25, 0.3) is 0 Å². The summed E-state index contributed by atoms with van der Waals surface area (Å²) in [5.74, 6) is 0.711. The zero-order valence-corrected chi connectivity index (χ0v) is 6.42. The monoisotopic (exact) mass is 149 g/mol. The van der Waals surface area contributed by atoms with Gasteiger partial charge in [0.05, 0.1) is 0 Å². The van der Waals surface area contributed by atoms with Crippen molar-refractivity contribution in [3.8, 4) is 0 Å². The molecule has 0 radical (unpaired) electrons. The molecular formula is C9H11NO. The number of amides is 1. The van der Waals surface area contributed by atoms with E-state index in [4.69, 9.17) is 0 Å². The van der Waals surface area contributed by atoms with Gasteiger partial charge in [-0.05, 0) is 18.4 Å². The number of hydrogen-bond acceptors (Lipinski definition) is 1. The standard InChI is InChI=1S/C9H11NO/c1-2-9(11)10-5-7-3-8(4-7)6-10/h2-3,7H,1,4-6H2/t7-/m1/s1. The van der Waals surface area contributed by atoms with Crippen molar-refractivity contribution in [2.45, 2.75) is 6.42 Å². The van der Waals surface area contributed by atoms with Crippen molar-refractivity contribution < 1.29 is 4.79 Å². The predicted molar refractivity (Wildman–Crippen MR) is 43.0 cm³/mol. The van der Waals surface area contributed by atoms with E-state index in [0.717, 1.165) is 13.1 Å². The average molecular weight is 149 g/mol. The molecule has 2 aliphatic heterocycles. The molecule has 58 valence electrons. The van der Waals surface area contributed by atoms with Crippen LogP contribution in [-0.2, 0) is 4.79 Å². The highest BCUT2D eigenvalue weighted by molar-refractivity contribution is 5.87. The summed E-state index contributed by atoms with van der Waals surface area (Å²) in [4.78, 5) is 13.0. The predicted octanol–water partition coefficient (Wildman–Crippen LogP) is 0.961. The van der Waals surface area contributed by atoms with Gasteiger partial charge in [-0.2, -0.15) is 0 Å². The molecule has 1 atom stereocenters. The smallest absolute Gasteiger partial charge is 0.246 e. The van der Waals surface area contributed by atoms with E-state index in [1.54, 1.807) is 0 Å². The summed E-state index contributed by atoms with van der Waals surface area (Å²) in [7, 11) is 0. The van der Waals surface area contributed by atoms with E-state index in [9.17, 15) is 4.79 Å². The molecule has 0 aromatic carbocycles. The summed E-state index contributed by atoms with van der Waals surface area (Å²) >= 11 is 0. The minimum absolute atomic E-state index is 0.0697. The lowest BCUT2D eigenvalue weighted by atomic mass is 9.82. The normalized spacial score (nSPS) is 27.1. The first-order valence-corrected chi connectivity index (χ1v) is 3.90. The quantitative estimate of drug-likeness (QED) is 0.401. The molecule has 3 rings (SSSR count). The fourth-order valence-corrected chi connectivity index (χ4v) is 1.76. The van der Waals surface area contributed by atoms with Gasteiger partial charge in [-0.1, -0.05) is 18.2 Å². The molecule has 2 bridgehead atoms. The molecule has 3 aliphatic rings. The number of nitrogens with zero attached hydrogens (tertiary/aromatic N) is 1. The van der Waals surface area contributed by atoms with Crippen LogP contribution in [-0.4, -0.2) is 23.9 Å². The molecule has 1 amide bonds. The maximum Gasteiger partial charge on any atom is 0.246 e. The summed E-state index contributed by atoms with van der Waals surface area (Å²) in [5, 5.41) is 0. The van der Waals surface area contributed by atoms with Crippen molar-refractivity contribution >= 4 is 5.91 Å². The molecule has 0 saturated carbocycles. The van der Waals surface area contributed by atoms with Gasteiger partial charge in [-0.15, -0.1) is 0 Å². The zero-order chi connectivity index (χ0) is 7.84. The van der Waals surface area contributed by atoms with Crippen LogP contribution < -0.4 is 0 Å². The Labute approximate surface area is 66.2 Å². The number of carbonyl (C=O) groups excluding carboxylic acids is 1. The lowest BCUT2D eigenvalue weighted by Crippen LogP contribution is -2.43. The molecule has 2 nitrogen and oxygen atoms in total. The summed E-state index contributed by atoms with van der Waals surface area (Å²) in [6.45, 7) is 5.20. The van der Waals surface area contributed by atoms with Gasteiger partial charge < -0.3 is 4.90 Å². The molecule has 1 saturated heterocycles. The summed E-state index contributed by atoms with van der Waals surface area (Å²) < 4.78 is 0. The van der Waals surface area contributed by atoms with Gasteiger partial charge in [-0.25, -0.2) is 0 Å². The molecule has 0 spiro atoms. The summed E-state index contributed by atoms with van der Waals surface area (Å²) in [6.07, 6.45) is 4.87. The lowest BCUT2D eigenvalue weighted by molar-refractivity contribution is -0.127. The minimum Gasteiger partial charge on any atom is -0.335 e. The highest BCUT2D eigenvalue weighted by atomic mass is 16.2. The number of rotatable bonds is 1. The van der Waals surface area contributed by atoms with Crippen molar-refractivity contribution in [2.24, 2.45) is 5.92 Å². The molecular weight excluding hydrogens is 138 g/mol. The van der Waals surface area contributed by atoms with Crippen LogP contribution >= 0.6 is 0 Å². The largest absolute Gasteiger partial charge is 0.335 e. The van der Waals surface area contributed by atoms with Crippen LogP contribution in [0.2, 0.25) is 0 Å². The second-order valence-electron chi connectivity index (χ2n) is 3.21. The Morgan fingerprint density at radius 3 is 3.00 bits per heavy atom. The fourth-order valence-electron chi connectivity index (χ4n) is 1.76. The third-order valence-corrected chi connectivity index (χ3v) is 2.33. The Morgan fingerprint density at radius 2 is 2.55 bits per heavy atom. The fraction of sp³-hybridized carbons (Fsp3) is 0.444. The second-order valence-corrected chi connectivity index (χ2v) is 3.21. The molecule has 1 aliphatic carbocycles. The molecule has 0 N–H and O–H groups in total. The van der Waals surface area contributed by atoms with E-state index in [2.05, 4.69) is 12.7 Å². The third kappa shape index (κ3) is 0.985. The molecule has 2 heteroatoms. The van der Waals surface area contributed by atoms with Crippen LogP contribution in [0.15, 0.2) is 24.3 Å². The number of carbonyl (C=O) groups is 1. The Morgan fingerprint density at radius 1 is 1.82 bits per heavy atom. The van der Waals surface area contributed by atoms with Crippen molar-refractivity contribution in [2.75, 3.05) is 13.1 Å². The van der Waals surface area contributed by atoms with E-state index >= 15 is 0 Å². The Hall–Kier alpha value is -1.05. The van der Waals surface area contributed by atoms with Gasteiger partial charge in [0.15, 0.2) is 0 Å². The van der Waals surface area contributed by atoms with Crippen LogP contribution in [0.4, 0.5) is 0 Å². The molecule has 0 aromatic heterocycles. The number of fused-ring (bicyclic) bond motifs is 2. The molecule has 0 aromatic rings. The van der Waals surface area contributed by atoms with Crippen molar-refractivity contribution in [3.63, 3.8) is 0 Å². The van der Waals surface area contributed by atoms with Crippen LogP contribution in [0, 0.1) is 5.92 Å². The zero-order valence-electron chi connectivity index (χ0n) is 6.42. The molecule has 2 heterocycles. The Balaban J connectivity index is 2.05. The van der Waals surface area contributed by atoms with Gasteiger partial charge >= 0.3 is 0 Å². The van der Waals surface area contributed by atoms with E-state index in [1.807, 2.05) is 4.90 Å². The van der Waals surface area contributed by atoms with Gasteiger partial charge in [0.2, 0.25) is 5.91 Å². The second kappa shape index (κ2) is 2.22. The first kappa shape index (κ1) is 6.65. The highest BCUT2D eigenvalue weighted by Gasteiger charge is 2.30. The van der Waals surface area contributed by atoms with Crippen LogP contribution in [0.5, 0.6) is 0 Å². The topological polar surface area (TPSA) is 20.3 Å². The molecule has 1 fully saturated rings. The third-order valence-electron chi connectivity index (χ3n) is 2.33. The van der Waals surface area contributed by atoms with Gasteiger partial charge in [-0.3, -0.25) is 4.79 Å². The minimum atomic E-state index is 0.0697. The van der Waals surface area contributed by atoms with E-state index in [-0.39, 0.29) is 5.91 Å². The van der Waals surface area contributed by atoms with Gasteiger partial charge in [0.1, 0.15) is 0 Å². The Bertz CT molecular complexity index is 242. The van der Waals surface area contributed by atoms with Crippen molar-refractivity contribution in [3.05, 3.63) is 24.3 Å². The first-order valence-electron chi connectivity index (χ1n) is 3.90. The number of piperidine rings is 1. The maximum atomic E-state index is 11.1. The van der Waals surface area contributed by atoms with E-state index in [1.165, 1.54) is 18.1 Å². The van der Waals surface area contributed by atoms with E-state index in [0.29, 0.717) is 5.92 Å². The summed E-state index contributed by atoms with van der Waals surface area (Å²) in [6, 6.07) is 0. The maximum absolute atomic E-state index is 11.1. The molecule has 11 heavy (non-hydrogen) atoms. The number of hydrogen-bond donors (Lipinski definition) is 0. The van der Waals surface area contributed by atoms with Crippen molar-refractivity contribution in [1.82, 2.24) is 4.90 Å². The SMILES string of the molecule is C=CC(=O)N1CC2=C[C@H](C2)C1. The van der Waals surface area contributed by atoms with E-state index < -0.39 is 0 Å². The van der Waals surface area contributed by atoms with Crippen LogP contribution in [0.1, 0.15) is 6.42 Å². The first-order chi connectivity index (χ1) is 5.29. The van der Waals surface area contributed by atoms with Gasteiger partial charge in [0, 0.05) is 13.1 Å². The highest BCUT2D eigenvalue weighted by Crippen LogP contribution is 2.32. The Kier molecular flexibility index (Phi) is 1.34. The average Bonchev–Trinajstić information content (AvgIpc) is 2.02. The van der Waals surface area contributed by atoms with Crippen LogP contribution in [0.3, 0.4) is 0 Å². The van der Waals surface area contributed by atoms with Gasteiger partial charge in [0.25, 0.3) is 0 Å².